The minimum Gasteiger partial charge on any atom is -0.396 e. The summed E-state index contributed by atoms with van der Waals surface area (Å²) in [6, 6.07) is 13.5. The Morgan fingerprint density at radius 3 is 2.96 bits per heavy atom. The largest absolute Gasteiger partial charge is 0.396 e. The second-order valence-electron chi connectivity index (χ2n) is 6.11. The van der Waals surface area contributed by atoms with Crippen molar-refractivity contribution < 1.29 is 9.90 Å². The van der Waals surface area contributed by atoms with Gasteiger partial charge in [0, 0.05) is 48.3 Å². The fourth-order valence-corrected chi connectivity index (χ4v) is 4.04. The number of aliphatic hydroxyl groups excluding tert-OH is 1. The fourth-order valence-electron chi connectivity index (χ4n) is 2.97. The van der Waals surface area contributed by atoms with Crippen molar-refractivity contribution >= 4 is 39.6 Å². The van der Waals surface area contributed by atoms with Gasteiger partial charge < -0.3 is 15.0 Å². The van der Waals surface area contributed by atoms with Gasteiger partial charge in [-0.15, -0.1) is 0 Å². The third-order valence-electron chi connectivity index (χ3n) is 4.32. The first kappa shape index (κ1) is 16.8. The zero-order valence-corrected chi connectivity index (χ0v) is 14.8. The average molecular weight is 366 g/mol. The van der Waals surface area contributed by atoms with E-state index in [0.717, 1.165) is 16.8 Å². The molecule has 6 nitrogen and oxygen atoms in total. The van der Waals surface area contributed by atoms with Gasteiger partial charge in [0.25, 0.3) is 5.91 Å². The van der Waals surface area contributed by atoms with Crippen molar-refractivity contribution in [1.82, 2.24) is 9.97 Å². The van der Waals surface area contributed by atoms with Crippen LogP contribution in [0.25, 0.3) is 11.0 Å². The number of para-hydroxylation sites is 1. The lowest BCUT2D eigenvalue weighted by molar-refractivity contribution is 0.100. The van der Waals surface area contributed by atoms with Crippen molar-refractivity contribution in [2.75, 3.05) is 23.8 Å². The number of pyridine rings is 1. The molecule has 1 unspecified atom stereocenters. The van der Waals surface area contributed by atoms with E-state index in [0.29, 0.717) is 22.9 Å². The summed E-state index contributed by atoms with van der Waals surface area (Å²) in [7, 11) is 0. The van der Waals surface area contributed by atoms with Gasteiger partial charge in [0.15, 0.2) is 5.17 Å². The molecular formula is C19H18N4O2S. The summed E-state index contributed by atoms with van der Waals surface area (Å²) in [5.74, 6) is 0.586. The summed E-state index contributed by atoms with van der Waals surface area (Å²) in [6.45, 7) is 0.751. The average Bonchev–Trinajstić information content (AvgIpc) is 3.13. The summed E-state index contributed by atoms with van der Waals surface area (Å²) in [5.41, 5.74) is 2.15. The number of amidine groups is 1. The molecular weight excluding hydrogens is 348 g/mol. The number of carbonyl (C=O) groups is 1. The third kappa shape index (κ3) is 3.23. The van der Waals surface area contributed by atoms with Crippen molar-refractivity contribution in [3.05, 3.63) is 60.4 Å². The normalized spacial score (nSPS) is 19.2. The molecule has 1 aromatic carbocycles. The molecule has 132 valence electrons. The van der Waals surface area contributed by atoms with E-state index in [1.54, 1.807) is 18.5 Å². The number of benzene rings is 1. The highest BCUT2D eigenvalue weighted by molar-refractivity contribution is 8.14. The molecule has 0 bridgehead atoms. The van der Waals surface area contributed by atoms with Crippen molar-refractivity contribution in [2.45, 2.75) is 0 Å². The SMILES string of the molecule is O=C(/N=C1\SCC(CO)CN1c1ccccc1)c1c[nH]c2ncccc12. The monoisotopic (exact) mass is 366 g/mol. The molecule has 26 heavy (non-hydrogen) atoms. The molecule has 1 amide bonds. The standard InChI is InChI=1S/C19H18N4O2S/c24-11-13-10-23(14-5-2-1-3-6-14)19(26-12-13)22-18(25)16-9-21-17-15(16)7-4-8-20-17/h1-9,13,24H,10-12H2,(H,20,21)/b22-19-. The number of carbonyl (C=O) groups excluding carboxylic acids is 1. The van der Waals surface area contributed by atoms with Gasteiger partial charge in [-0.3, -0.25) is 4.79 Å². The van der Waals surface area contributed by atoms with Gasteiger partial charge in [-0.05, 0) is 24.3 Å². The van der Waals surface area contributed by atoms with E-state index in [-0.39, 0.29) is 18.4 Å². The summed E-state index contributed by atoms with van der Waals surface area (Å²) >= 11 is 1.50. The number of thioether (sulfide) groups is 1. The number of aromatic nitrogens is 2. The Balaban J connectivity index is 1.68. The van der Waals surface area contributed by atoms with Crippen LogP contribution in [-0.2, 0) is 0 Å². The van der Waals surface area contributed by atoms with Crippen molar-refractivity contribution in [3.63, 3.8) is 0 Å². The first-order chi connectivity index (χ1) is 12.8. The lowest BCUT2D eigenvalue weighted by Crippen LogP contribution is -2.41. The van der Waals surface area contributed by atoms with Crippen molar-refractivity contribution in [3.8, 4) is 0 Å². The predicted molar refractivity (Wildman–Crippen MR) is 105 cm³/mol. The maximum absolute atomic E-state index is 12.8. The number of aromatic amines is 1. The van der Waals surface area contributed by atoms with Gasteiger partial charge in [-0.1, -0.05) is 30.0 Å². The minimum atomic E-state index is -0.296. The molecule has 2 N–H and O–H groups in total. The number of fused-ring (bicyclic) bond motifs is 1. The molecule has 1 aliphatic heterocycles. The Bertz CT molecular complexity index is 954. The molecule has 0 radical (unpaired) electrons. The number of nitrogens with one attached hydrogen (secondary N) is 1. The zero-order chi connectivity index (χ0) is 17.9. The number of nitrogens with zero attached hydrogens (tertiary/aromatic N) is 3. The summed E-state index contributed by atoms with van der Waals surface area (Å²) in [6.07, 6.45) is 3.34. The van der Waals surface area contributed by atoms with Crippen LogP contribution >= 0.6 is 11.8 Å². The van der Waals surface area contributed by atoms with Crippen molar-refractivity contribution in [1.29, 1.82) is 0 Å². The maximum atomic E-state index is 12.8. The van der Waals surface area contributed by atoms with Gasteiger partial charge >= 0.3 is 0 Å². The van der Waals surface area contributed by atoms with E-state index in [9.17, 15) is 9.90 Å². The maximum Gasteiger partial charge on any atom is 0.281 e. The van der Waals surface area contributed by atoms with Crippen LogP contribution in [0.15, 0.2) is 59.9 Å². The quantitative estimate of drug-likeness (QED) is 0.745. The Kier molecular flexibility index (Phi) is 4.73. The second kappa shape index (κ2) is 7.31. The molecule has 2 aromatic heterocycles. The fraction of sp³-hybridized carbons (Fsp3) is 0.211. The van der Waals surface area contributed by atoms with Crippen LogP contribution in [0.3, 0.4) is 0 Å². The molecule has 1 fully saturated rings. The highest BCUT2D eigenvalue weighted by atomic mass is 32.2. The van der Waals surface area contributed by atoms with Crippen LogP contribution in [0.4, 0.5) is 5.69 Å². The Morgan fingerprint density at radius 1 is 1.31 bits per heavy atom. The zero-order valence-electron chi connectivity index (χ0n) is 14.0. The number of aliphatic hydroxyl groups is 1. The number of H-pyrrole nitrogens is 1. The molecule has 4 rings (SSSR count). The summed E-state index contributed by atoms with van der Waals surface area (Å²) < 4.78 is 0. The van der Waals surface area contributed by atoms with Gasteiger partial charge in [0.05, 0.1) is 5.56 Å². The van der Waals surface area contributed by atoms with Gasteiger partial charge in [-0.25, -0.2) is 4.98 Å². The Hall–Kier alpha value is -2.64. The molecule has 1 aliphatic rings. The van der Waals surface area contributed by atoms with Crippen molar-refractivity contribution in [2.24, 2.45) is 10.9 Å². The number of aliphatic imine (C=N–C) groups is 1. The van der Waals surface area contributed by atoms with Crippen LogP contribution in [0, 0.1) is 5.92 Å². The highest BCUT2D eigenvalue weighted by Gasteiger charge is 2.27. The van der Waals surface area contributed by atoms with E-state index in [1.165, 1.54) is 11.8 Å². The molecule has 3 aromatic rings. The van der Waals surface area contributed by atoms with E-state index >= 15 is 0 Å². The van der Waals surface area contributed by atoms with Gasteiger partial charge in [0.1, 0.15) is 5.65 Å². The van der Waals surface area contributed by atoms with Crippen LogP contribution < -0.4 is 4.90 Å². The second-order valence-corrected chi connectivity index (χ2v) is 7.09. The van der Waals surface area contributed by atoms with Gasteiger partial charge in [0.2, 0.25) is 0 Å². The molecule has 0 spiro atoms. The van der Waals surface area contributed by atoms with E-state index in [2.05, 4.69) is 15.0 Å². The summed E-state index contributed by atoms with van der Waals surface area (Å²) in [5, 5.41) is 11.0. The van der Waals surface area contributed by atoms with Crippen LogP contribution in [-0.4, -0.2) is 45.1 Å². The van der Waals surface area contributed by atoms with E-state index < -0.39 is 0 Å². The third-order valence-corrected chi connectivity index (χ3v) is 5.53. The molecule has 7 heteroatoms. The topological polar surface area (TPSA) is 81.6 Å². The first-order valence-electron chi connectivity index (χ1n) is 8.37. The molecule has 1 saturated heterocycles. The number of hydrogen-bond acceptors (Lipinski definition) is 4. The number of hydrogen-bond donors (Lipinski definition) is 2. The minimum absolute atomic E-state index is 0.117. The van der Waals surface area contributed by atoms with E-state index in [1.807, 2.05) is 41.3 Å². The molecule has 1 atom stereocenters. The lowest BCUT2D eigenvalue weighted by atomic mass is 10.1. The summed E-state index contributed by atoms with van der Waals surface area (Å²) in [4.78, 5) is 26.4. The molecule has 0 aliphatic carbocycles. The smallest absolute Gasteiger partial charge is 0.281 e. The number of anilines is 1. The molecule has 3 heterocycles. The Morgan fingerprint density at radius 2 is 2.15 bits per heavy atom. The molecule has 0 saturated carbocycles. The van der Waals surface area contributed by atoms with E-state index in [4.69, 9.17) is 0 Å². The number of amides is 1. The Labute approximate surface area is 155 Å². The van der Waals surface area contributed by atoms with Crippen LogP contribution in [0.1, 0.15) is 10.4 Å². The van der Waals surface area contributed by atoms with Gasteiger partial charge in [-0.2, -0.15) is 4.99 Å². The first-order valence-corrected chi connectivity index (χ1v) is 9.36. The predicted octanol–water partition coefficient (Wildman–Crippen LogP) is 2.92. The lowest BCUT2D eigenvalue weighted by Gasteiger charge is -2.33. The van der Waals surface area contributed by atoms with Crippen LogP contribution in [0.5, 0.6) is 0 Å². The number of rotatable bonds is 3. The highest BCUT2D eigenvalue weighted by Crippen LogP contribution is 2.28. The van der Waals surface area contributed by atoms with Crippen LogP contribution in [0.2, 0.25) is 0 Å².